The van der Waals surface area contributed by atoms with E-state index in [0.29, 0.717) is 29.0 Å². The number of halogens is 3. The molecule has 0 aromatic heterocycles. The van der Waals surface area contributed by atoms with Crippen LogP contribution >= 0.6 is 11.8 Å². The van der Waals surface area contributed by atoms with Gasteiger partial charge >= 0.3 is 24.0 Å². The third-order valence-corrected chi connectivity index (χ3v) is 7.74. The summed E-state index contributed by atoms with van der Waals surface area (Å²) in [6.07, 6.45) is -2.69. The van der Waals surface area contributed by atoms with Crippen LogP contribution in [0.5, 0.6) is 5.75 Å². The molecule has 1 fully saturated rings. The fourth-order valence-electron chi connectivity index (χ4n) is 4.72. The normalized spacial score (nSPS) is 16.9. The summed E-state index contributed by atoms with van der Waals surface area (Å²) in [6.45, 7) is 4.89. The van der Waals surface area contributed by atoms with E-state index in [4.69, 9.17) is 9.47 Å². The van der Waals surface area contributed by atoms with E-state index in [2.05, 4.69) is 4.90 Å². The van der Waals surface area contributed by atoms with Crippen molar-refractivity contribution in [2.75, 3.05) is 43.8 Å². The minimum atomic E-state index is -5.16. The van der Waals surface area contributed by atoms with Crippen molar-refractivity contribution < 1.29 is 42.1 Å². The van der Waals surface area contributed by atoms with Gasteiger partial charge in [-0.05, 0) is 45.2 Å². The van der Waals surface area contributed by atoms with Crippen LogP contribution in [-0.4, -0.2) is 72.9 Å². The zero-order valence-corrected chi connectivity index (χ0v) is 22.1. The number of cyclic esters (lactones) is 1. The van der Waals surface area contributed by atoms with Gasteiger partial charge in [0.2, 0.25) is 0 Å². The van der Waals surface area contributed by atoms with Gasteiger partial charge in [0.25, 0.3) is 0 Å². The maximum absolute atomic E-state index is 13.3. The summed E-state index contributed by atoms with van der Waals surface area (Å²) in [7, 11) is 2.32. The number of allylic oxidation sites excluding steroid dienone is 2. The van der Waals surface area contributed by atoms with Crippen LogP contribution in [0.25, 0.3) is 0 Å². The van der Waals surface area contributed by atoms with Crippen LogP contribution < -0.4 is 9.64 Å². The molecule has 0 bridgehead atoms. The molecule has 1 unspecified atom stereocenters. The number of carboxylic acids is 1. The SMILES string of the molecule is COc1c(C)c2c(c(N(C)C(=O)C(F)(F)F)c1C/C=C(\C)CC(CCN1CCSC1)C(=O)O)C(=O)OC2. The highest BCUT2D eigenvalue weighted by molar-refractivity contribution is 7.99. The quantitative estimate of drug-likeness (QED) is 0.346. The van der Waals surface area contributed by atoms with Crippen LogP contribution in [0.3, 0.4) is 0 Å². The number of anilines is 1. The third kappa shape index (κ3) is 6.40. The number of hydrogen-bond acceptors (Lipinski definition) is 7. The smallest absolute Gasteiger partial charge is 0.471 e. The molecule has 1 atom stereocenters. The van der Waals surface area contributed by atoms with E-state index < -0.39 is 29.9 Å². The lowest BCUT2D eigenvalue weighted by Gasteiger charge is -2.26. The van der Waals surface area contributed by atoms with Gasteiger partial charge in [0, 0.05) is 36.3 Å². The van der Waals surface area contributed by atoms with Crippen LogP contribution in [-0.2, 0) is 27.4 Å². The molecule has 2 heterocycles. The molecule has 0 saturated carbocycles. The summed E-state index contributed by atoms with van der Waals surface area (Å²) in [5, 5.41) is 9.72. The number of methoxy groups -OCH3 is 1. The molecule has 0 radical (unpaired) electrons. The van der Waals surface area contributed by atoms with Crippen LogP contribution in [0.4, 0.5) is 18.9 Å². The Morgan fingerprint density at radius 3 is 2.62 bits per heavy atom. The topological polar surface area (TPSA) is 96.4 Å². The van der Waals surface area contributed by atoms with Gasteiger partial charge in [0.1, 0.15) is 12.4 Å². The summed E-state index contributed by atoms with van der Waals surface area (Å²) < 4.78 is 50.6. The van der Waals surface area contributed by atoms with Gasteiger partial charge in [-0.2, -0.15) is 13.2 Å². The minimum absolute atomic E-state index is 0.0241. The first-order chi connectivity index (χ1) is 17.4. The van der Waals surface area contributed by atoms with E-state index in [0.717, 1.165) is 30.8 Å². The standard InChI is InChI=1S/C25H31F3N2O6S/c1-14(11-16(22(31)32)7-8-30-9-10-37-13-30)5-6-17-20(29(3)24(34)25(26,27)28)19-18(12-36-23(19)33)15(2)21(17)35-4/h5,16H,6-13H2,1-4H3,(H,31,32)/b14-5+. The molecule has 12 heteroatoms. The second-order valence-electron chi connectivity index (χ2n) is 9.21. The van der Waals surface area contributed by atoms with Crippen LogP contribution in [0.2, 0.25) is 0 Å². The lowest BCUT2D eigenvalue weighted by Crippen LogP contribution is -2.39. The number of benzene rings is 1. The lowest BCUT2D eigenvalue weighted by molar-refractivity contribution is -0.170. The van der Waals surface area contributed by atoms with Crippen molar-refractivity contribution in [3.8, 4) is 5.75 Å². The monoisotopic (exact) mass is 544 g/mol. The van der Waals surface area contributed by atoms with Gasteiger partial charge in [0.05, 0.1) is 24.3 Å². The number of aliphatic carboxylic acids is 1. The number of carbonyl (C=O) groups is 3. The number of carbonyl (C=O) groups excluding carboxylic acids is 2. The molecule has 0 spiro atoms. The average molecular weight is 545 g/mol. The Morgan fingerprint density at radius 1 is 1.35 bits per heavy atom. The van der Waals surface area contributed by atoms with E-state index in [1.54, 1.807) is 31.7 Å². The van der Waals surface area contributed by atoms with Gasteiger partial charge in [-0.15, -0.1) is 11.8 Å². The Hall–Kier alpha value is -2.73. The lowest BCUT2D eigenvalue weighted by atomic mass is 9.91. The zero-order chi connectivity index (χ0) is 27.5. The number of ether oxygens (including phenoxy) is 2. The van der Waals surface area contributed by atoms with Gasteiger partial charge in [-0.1, -0.05) is 11.6 Å². The van der Waals surface area contributed by atoms with Crippen LogP contribution in [0, 0.1) is 12.8 Å². The summed E-state index contributed by atoms with van der Waals surface area (Å²) in [5.41, 5.74) is 1.54. The molecule has 0 aliphatic carbocycles. The minimum Gasteiger partial charge on any atom is -0.496 e. The van der Waals surface area contributed by atoms with Crippen molar-refractivity contribution in [2.24, 2.45) is 5.92 Å². The van der Waals surface area contributed by atoms with Crippen molar-refractivity contribution in [2.45, 2.75) is 45.9 Å². The summed E-state index contributed by atoms with van der Waals surface area (Å²) in [4.78, 5) is 39.2. The van der Waals surface area contributed by atoms with E-state index >= 15 is 0 Å². The number of esters is 1. The number of rotatable bonds is 10. The third-order valence-electron chi connectivity index (χ3n) is 6.72. The molecule has 2 aliphatic rings. The van der Waals surface area contributed by atoms with Crippen LogP contribution in [0.15, 0.2) is 11.6 Å². The Balaban J connectivity index is 1.95. The molecular formula is C25H31F3N2O6S. The Bertz CT molecular complexity index is 1100. The predicted molar refractivity (Wildman–Crippen MR) is 133 cm³/mol. The number of alkyl halides is 3. The Kier molecular flexibility index (Phi) is 9.17. The molecule has 204 valence electrons. The van der Waals surface area contributed by atoms with Gasteiger partial charge in [-0.3, -0.25) is 14.5 Å². The Morgan fingerprint density at radius 2 is 2.05 bits per heavy atom. The molecule has 1 saturated heterocycles. The van der Waals surface area contributed by atoms with Crippen molar-refractivity contribution in [1.29, 1.82) is 0 Å². The van der Waals surface area contributed by atoms with E-state index in [1.807, 2.05) is 0 Å². The first-order valence-electron chi connectivity index (χ1n) is 11.8. The molecule has 2 aliphatic heterocycles. The molecule has 8 nitrogen and oxygen atoms in total. The zero-order valence-electron chi connectivity index (χ0n) is 21.2. The molecule has 3 rings (SSSR count). The molecule has 1 N–H and O–H groups in total. The van der Waals surface area contributed by atoms with Crippen LogP contribution in [0.1, 0.15) is 46.8 Å². The number of thioether (sulfide) groups is 1. The summed E-state index contributed by atoms with van der Waals surface area (Å²) in [5.74, 6) is -2.31. The molecule has 1 amide bonds. The molecular weight excluding hydrogens is 513 g/mol. The van der Waals surface area contributed by atoms with Crippen molar-refractivity contribution in [1.82, 2.24) is 4.90 Å². The largest absolute Gasteiger partial charge is 0.496 e. The Labute approximate surface area is 217 Å². The summed E-state index contributed by atoms with van der Waals surface area (Å²) in [6, 6.07) is 0. The number of carboxylic acid groups (broad SMARTS) is 1. The average Bonchev–Trinajstić information content (AvgIpc) is 3.49. The molecule has 1 aromatic carbocycles. The fourth-order valence-corrected chi connectivity index (χ4v) is 5.75. The highest BCUT2D eigenvalue weighted by Crippen LogP contribution is 2.43. The van der Waals surface area contributed by atoms with Crippen molar-refractivity contribution in [3.05, 3.63) is 33.9 Å². The second-order valence-corrected chi connectivity index (χ2v) is 10.3. The fraction of sp³-hybridized carbons (Fsp3) is 0.560. The number of fused-ring (bicyclic) bond motifs is 1. The number of nitrogens with zero attached hydrogens (tertiary/aromatic N) is 2. The first-order valence-corrected chi connectivity index (χ1v) is 12.9. The predicted octanol–water partition coefficient (Wildman–Crippen LogP) is 4.18. The molecule has 37 heavy (non-hydrogen) atoms. The second kappa shape index (κ2) is 11.8. The highest BCUT2D eigenvalue weighted by atomic mass is 32.2. The first kappa shape index (κ1) is 28.8. The van der Waals surface area contributed by atoms with E-state index in [1.165, 1.54) is 7.11 Å². The highest BCUT2D eigenvalue weighted by Gasteiger charge is 2.44. The maximum atomic E-state index is 13.3. The van der Waals surface area contributed by atoms with Crippen molar-refractivity contribution >= 4 is 35.3 Å². The van der Waals surface area contributed by atoms with Gasteiger partial charge in [-0.25, -0.2) is 4.79 Å². The maximum Gasteiger partial charge on any atom is 0.471 e. The van der Waals surface area contributed by atoms with E-state index in [-0.39, 0.29) is 42.0 Å². The number of amides is 1. The number of hydrogen-bond donors (Lipinski definition) is 1. The molecule has 1 aromatic rings. The van der Waals surface area contributed by atoms with Gasteiger partial charge in [0.15, 0.2) is 0 Å². The van der Waals surface area contributed by atoms with Gasteiger partial charge < -0.3 is 19.5 Å². The summed E-state index contributed by atoms with van der Waals surface area (Å²) >= 11 is 1.81. The van der Waals surface area contributed by atoms with E-state index in [9.17, 15) is 32.7 Å². The van der Waals surface area contributed by atoms with Crippen molar-refractivity contribution in [3.63, 3.8) is 0 Å².